The third-order valence-corrected chi connectivity index (χ3v) is 6.32. The number of fused-ring (bicyclic) bond motifs is 1. The second-order valence-electron chi connectivity index (χ2n) is 8.95. The second-order valence-corrected chi connectivity index (χ2v) is 8.95. The fraction of sp³-hybridized carbons (Fsp3) is 0.259. The van der Waals surface area contributed by atoms with Crippen molar-refractivity contribution in [2.24, 2.45) is 0 Å². The summed E-state index contributed by atoms with van der Waals surface area (Å²) in [5, 5.41) is 4.57. The minimum absolute atomic E-state index is 0.201. The van der Waals surface area contributed by atoms with E-state index in [1.165, 1.54) is 12.1 Å². The monoisotopic (exact) mass is 487 g/mol. The van der Waals surface area contributed by atoms with Crippen LogP contribution in [0, 0.1) is 12.7 Å². The number of aryl methyl sites for hydroxylation is 1. The van der Waals surface area contributed by atoms with Gasteiger partial charge in [-0.2, -0.15) is 5.10 Å². The average molecular weight is 488 g/mol. The first kappa shape index (κ1) is 23.5. The Kier molecular flexibility index (Phi) is 6.37. The van der Waals surface area contributed by atoms with Gasteiger partial charge >= 0.3 is 6.09 Å². The Balaban J connectivity index is 1.27. The zero-order valence-electron chi connectivity index (χ0n) is 20.1. The van der Waals surface area contributed by atoms with Gasteiger partial charge in [0.1, 0.15) is 18.1 Å². The zero-order valence-corrected chi connectivity index (χ0v) is 20.1. The molecule has 0 radical (unpaired) electrons. The molecule has 0 unspecified atom stereocenters. The second kappa shape index (κ2) is 9.77. The Morgan fingerprint density at radius 1 is 1.08 bits per heavy atom. The fourth-order valence-corrected chi connectivity index (χ4v) is 4.37. The molecule has 2 amide bonds. The molecule has 8 nitrogen and oxygen atoms in total. The van der Waals surface area contributed by atoms with Crippen LogP contribution in [0.5, 0.6) is 0 Å². The molecule has 9 heteroatoms. The van der Waals surface area contributed by atoms with Gasteiger partial charge in [-0.3, -0.25) is 4.79 Å². The van der Waals surface area contributed by atoms with Crippen molar-refractivity contribution in [3.8, 4) is 11.3 Å². The van der Waals surface area contributed by atoms with Crippen LogP contribution in [0.15, 0.2) is 66.9 Å². The summed E-state index contributed by atoms with van der Waals surface area (Å²) in [6.07, 6.45) is 1.22. The van der Waals surface area contributed by atoms with E-state index in [0.29, 0.717) is 31.0 Å². The standard InChI is InChI=1S/C27H26FN5O3/c1-18-14-23(21-8-10-22(28)11-9-21)30-33-16-24(29-25(18)33)26(34)31-12-13-32(19(2)15-31)27(35)36-17-20-6-4-3-5-7-20/h3-11,14,16,19H,12-13,15,17H2,1-2H3/t19-/m0/s1. The molecule has 5 rings (SSSR count). The van der Waals surface area contributed by atoms with E-state index in [-0.39, 0.29) is 36.2 Å². The van der Waals surface area contributed by atoms with E-state index in [1.807, 2.05) is 50.2 Å². The van der Waals surface area contributed by atoms with Crippen molar-refractivity contribution in [2.45, 2.75) is 26.5 Å². The van der Waals surface area contributed by atoms with E-state index >= 15 is 0 Å². The van der Waals surface area contributed by atoms with Crippen LogP contribution in [-0.2, 0) is 11.3 Å². The predicted molar refractivity (Wildman–Crippen MR) is 132 cm³/mol. The molecular formula is C27H26FN5O3. The van der Waals surface area contributed by atoms with Crippen molar-refractivity contribution in [1.82, 2.24) is 24.4 Å². The van der Waals surface area contributed by atoms with E-state index < -0.39 is 0 Å². The van der Waals surface area contributed by atoms with Crippen LogP contribution in [0.3, 0.4) is 0 Å². The molecule has 1 aliphatic heterocycles. The Morgan fingerprint density at radius 3 is 2.56 bits per heavy atom. The number of carbonyl (C=O) groups is 2. The number of ether oxygens (including phenoxy) is 1. The summed E-state index contributed by atoms with van der Waals surface area (Å²) in [6.45, 7) is 5.13. The smallest absolute Gasteiger partial charge is 0.410 e. The number of halogens is 1. The molecule has 0 saturated carbocycles. The number of hydrogen-bond acceptors (Lipinski definition) is 5. The molecule has 0 bridgehead atoms. The van der Waals surface area contributed by atoms with Gasteiger partial charge in [0.2, 0.25) is 0 Å². The first-order valence-corrected chi connectivity index (χ1v) is 11.8. The molecule has 4 aromatic rings. The van der Waals surface area contributed by atoms with Crippen LogP contribution in [-0.4, -0.2) is 62.1 Å². The number of carbonyl (C=O) groups excluding carboxylic acids is 2. The first-order chi connectivity index (χ1) is 17.4. The molecule has 1 fully saturated rings. The SMILES string of the molecule is Cc1cc(-c2ccc(F)cc2)nn2cc(C(=O)N3CCN(C(=O)OCc4ccccc4)[C@@H](C)C3)nc12. The molecule has 2 aromatic carbocycles. The lowest BCUT2D eigenvalue weighted by atomic mass is 10.1. The van der Waals surface area contributed by atoms with Crippen molar-refractivity contribution in [3.05, 3.63) is 89.5 Å². The van der Waals surface area contributed by atoms with Gasteiger partial charge in [-0.15, -0.1) is 0 Å². The number of imidazole rings is 1. The number of benzene rings is 2. The van der Waals surface area contributed by atoms with Crippen LogP contribution in [0.4, 0.5) is 9.18 Å². The maximum atomic E-state index is 13.3. The highest BCUT2D eigenvalue weighted by atomic mass is 19.1. The molecule has 0 spiro atoms. The van der Waals surface area contributed by atoms with Crippen molar-refractivity contribution in [1.29, 1.82) is 0 Å². The van der Waals surface area contributed by atoms with Crippen LogP contribution >= 0.6 is 0 Å². The quantitative estimate of drug-likeness (QED) is 0.428. The van der Waals surface area contributed by atoms with Gasteiger partial charge in [0.05, 0.1) is 11.9 Å². The van der Waals surface area contributed by atoms with Crippen molar-refractivity contribution < 1.29 is 18.7 Å². The summed E-state index contributed by atoms with van der Waals surface area (Å²) >= 11 is 0. The maximum absolute atomic E-state index is 13.3. The highest BCUT2D eigenvalue weighted by Crippen LogP contribution is 2.22. The van der Waals surface area contributed by atoms with Gasteiger partial charge in [0.15, 0.2) is 5.65 Å². The van der Waals surface area contributed by atoms with E-state index in [9.17, 15) is 14.0 Å². The molecule has 1 atom stereocenters. The number of hydrogen-bond donors (Lipinski definition) is 0. The Bertz CT molecular complexity index is 1400. The minimum atomic E-state index is -0.390. The molecular weight excluding hydrogens is 461 g/mol. The van der Waals surface area contributed by atoms with Crippen LogP contribution in [0.25, 0.3) is 16.9 Å². The molecule has 0 N–H and O–H groups in total. The summed E-state index contributed by atoms with van der Waals surface area (Å²) in [7, 11) is 0. The average Bonchev–Trinajstić information content (AvgIpc) is 3.33. The molecule has 184 valence electrons. The van der Waals surface area contributed by atoms with Gasteiger partial charge in [0.25, 0.3) is 5.91 Å². The number of amides is 2. The number of nitrogens with zero attached hydrogens (tertiary/aromatic N) is 5. The largest absolute Gasteiger partial charge is 0.445 e. The topological polar surface area (TPSA) is 80.0 Å². The zero-order chi connectivity index (χ0) is 25.2. The van der Waals surface area contributed by atoms with E-state index in [1.54, 1.807) is 32.6 Å². The van der Waals surface area contributed by atoms with E-state index in [4.69, 9.17) is 4.74 Å². The molecule has 36 heavy (non-hydrogen) atoms. The van der Waals surface area contributed by atoms with Gasteiger partial charge < -0.3 is 14.5 Å². The molecule has 2 aromatic heterocycles. The summed E-state index contributed by atoms with van der Waals surface area (Å²) in [6, 6.07) is 17.3. The normalized spacial score (nSPS) is 15.8. The lowest BCUT2D eigenvalue weighted by molar-refractivity contribution is 0.0388. The van der Waals surface area contributed by atoms with Crippen molar-refractivity contribution in [2.75, 3.05) is 19.6 Å². The summed E-state index contributed by atoms with van der Waals surface area (Å²) in [4.78, 5) is 33.7. The van der Waals surface area contributed by atoms with Gasteiger partial charge in [-0.1, -0.05) is 30.3 Å². The minimum Gasteiger partial charge on any atom is -0.445 e. The Labute approximate surface area is 207 Å². The van der Waals surface area contributed by atoms with Crippen LogP contribution < -0.4 is 0 Å². The third-order valence-electron chi connectivity index (χ3n) is 6.32. The molecule has 1 aliphatic rings. The highest BCUT2D eigenvalue weighted by Gasteiger charge is 2.32. The highest BCUT2D eigenvalue weighted by molar-refractivity contribution is 5.93. The summed E-state index contributed by atoms with van der Waals surface area (Å²) in [5.41, 5.74) is 4.07. The first-order valence-electron chi connectivity index (χ1n) is 11.8. The summed E-state index contributed by atoms with van der Waals surface area (Å²) < 4.78 is 20.4. The van der Waals surface area contributed by atoms with Crippen LogP contribution in [0.2, 0.25) is 0 Å². The summed E-state index contributed by atoms with van der Waals surface area (Å²) in [5.74, 6) is -0.529. The van der Waals surface area contributed by atoms with Gasteiger partial charge in [0, 0.05) is 31.2 Å². The van der Waals surface area contributed by atoms with Crippen molar-refractivity contribution >= 4 is 17.6 Å². The lowest BCUT2D eigenvalue weighted by Crippen LogP contribution is -2.55. The van der Waals surface area contributed by atoms with Crippen molar-refractivity contribution in [3.63, 3.8) is 0 Å². The number of rotatable bonds is 4. The molecule has 3 heterocycles. The van der Waals surface area contributed by atoms with Crippen LogP contribution in [0.1, 0.15) is 28.5 Å². The van der Waals surface area contributed by atoms with E-state index in [2.05, 4.69) is 10.1 Å². The maximum Gasteiger partial charge on any atom is 0.410 e. The predicted octanol–water partition coefficient (Wildman–Crippen LogP) is 4.33. The van der Waals surface area contributed by atoms with Gasteiger partial charge in [-0.05, 0) is 55.3 Å². The Hall–Kier alpha value is -4.27. The fourth-order valence-electron chi connectivity index (χ4n) is 4.37. The number of piperazine rings is 1. The molecule has 0 aliphatic carbocycles. The van der Waals surface area contributed by atoms with Gasteiger partial charge in [-0.25, -0.2) is 18.7 Å². The third kappa shape index (κ3) is 4.77. The molecule has 1 saturated heterocycles. The van der Waals surface area contributed by atoms with E-state index in [0.717, 1.165) is 16.7 Å². The Morgan fingerprint density at radius 2 is 1.83 bits per heavy atom. The lowest BCUT2D eigenvalue weighted by Gasteiger charge is -2.38. The number of aromatic nitrogens is 3.